The van der Waals surface area contributed by atoms with Crippen molar-refractivity contribution < 1.29 is 0 Å². The highest BCUT2D eigenvalue weighted by atomic mass is 127. The lowest BCUT2D eigenvalue weighted by Gasteiger charge is -2.08. The average Bonchev–Trinajstić information content (AvgIpc) is 2.80. The molecule has 2 rings (SSSR count). The first-order chi connectivity index (χ1) is 9.09. The zero-order valence-corrected chi connectivity index (χ0v) is 13.9. The molecule has 2 aromatic heterocycles. The summed E-state index contributed by atoms with van der Waals surface area (Å²) in [5.74, 6) is 0. The predicted octanol–water partition coefficient (Wildman–Crippen LogP) is 2.32. The third kappa shape index (κ3) is 3.64. The van der Waals surface area contributed by atoms with Gasteiger partial charge in [0.15, 0.2) is 0 Å². The van der Waals surface area contributed by atoms with Crippen LogP contribution in [-0.4, -0.2) is 16.1 Å². The van der Waals surface area contributed by atoms with Crippen LogP contribution in [0.1, 0.15) is 16.1 Å². The van der Waals surface area contributed by atoms with Crippen LogP contribution in [0.25, 0.3) is 0 Å². The van der Waals surface area contributed by atoms with E-state index in [0.29, 0.717) is 10.1 Å². The van der Waals surface area contributed by atoms with Gasteiger partial charge in [0.1, 0.15) is 0 Å². The van der Waals surface area contributed by atoms with E-state index in [2.05, 4.69) is 51.3 Å². The van der Waals surface area contributed by atoms with Gasteiger partial charge in [-0.25, -0.2) is 4.98 Å². The Balaban J connectivity index is 1.88. The molecule has 0 bridgehead atoms. The van der Waals surface area contributed by atoms with Gasteiger partial charge in [-0.15, -0.1) is 11.3 Å². The summed E-state index contributed by atoms with van der Waals surface area (Å²) in [7, 11) is 0. The minimum absolute atomic E-state index is 0.0437. The summed E-state index contributed by atoms with van der Waals surface area (Å²) < 4.78 is 2.36. The third-order valence-electron chi connectivity index (χ3n) is 2.94. The van der Waals surface area contributed by atoms with Crippen molar-refractivity contribution in [2.24, 2.45) is 0 Å². The first kappa shape index (κ1) is 14.7. The Kier molecular flexibility index (Phi) is 5.12. The molecular formula is C13H16IN3OS. The van der Waals surface area contributed by atoms with E-state index in [4.69, 9.17) is 0 Å². The van der Waals surface area contributed by atoms with Crippen molar-refractivity contribution in [3.63, 3.8) is 0 Å². The summed E-state index contributed by atoms with van der Waals surface area (Å²) in [6.07, 6.45) is 1.62. The predicted molar refractivity (Wildman–Crippen MR) is 86.7 cm³/mol. The number of nitrogens with zero attached hydrogens (tertiary/aromatic N) is 2. The van der Waals surface area contributed by atoms with Gasteiger partial charge >= 0.3 is 0 Å². The van der Waals surface area contributed by atoms with E-state index in [0.717, 1.165) is 18.8 Å². The highest BCUT2D eigenvalue weighted by Crippen LogP contribution is 2.14. The number of halogens is 1. The Hall–Kier alpha value is -0.730. The fourth-order valence-corrected chi connectivity index (χ4v) is 3.02. The lowest BCUT2D eigenvalue weighted by Crippen LogP contribution is -2.29. The molecule has 0 amide bonds. The molecule has 0 aliphatic rings. The largest absolute Gasteiger partial charge is 0.310 e. The fraction of sp³-hybridized carbons (Fsp3) is 0.385. The molecule has 102 valence electrons. The number of nitrogens with one attached hydrogen (secondary N) is 1. The topological polar surface area (TPSA) is 46.9 Å². The normalized spacial score (nSPS) is 10.9. The van der Waals surface area contributed by atoms with E-state index < -0.39 is 0 Å². The zero-order valence-electron chi connectivity index (χ0n) is 10.9. The highest BCUT2D eigenvalue weighted by molar-refractivity contribution is 14.1. The first-order valence-corrected chi connectivity index (χ1v) is 8.00. The summed E-state index contributed by atoms with van der Waals surface area (Å²) in [5.41, 5.74) is 2.16. The van der Waals surface area contributed by atoms with Crippen LogP contribution in [-0.2, 0) is 13.1 Å². The third-order valence-corrected chi connectivity index (χ3v) is 5.21. The first-order valence-electron chi connectivity index (χ1n) is 6.05. The number of aromatic nitrogens is 2. The van der Waals surface area contributed by atoms with Gasteiger partial charge in [0.25, 0.3) is 5.56 Å². The maximum absolute atomic E-state index is 12.0. The second-order valence-electron chi connectivity index (χ2n) is 4.35. The van der Waals surface area contributed by atoms with Gasteiger partial charge in [-0.05, 0) is 53.4 Å². The van der Waals surface area contributed by atoms with E-state index in [-0.39, 0.29) is 5.56 Å². The van der Waals surface area contributed by atoms with Crippen LogP contribution in [0.15, 0.2) is 22.6 Å². The molecule has 0 aliphatic heterocycles. The Morgan fingerprint density at radius 3 is 2.95 bits per heavy atom. The minimum atomic E-state index is 0.0437. The Morgan fingerprint density at radius 1 is 1.47 bits per heavy atom. The molecule has 2 aromatic rings. The van der Waals surface area contributed by atoms with Gasteiger partial charge in [0.2, 0.25) is 0 Å². The van der Waals surface area contributed by atoms with Crippen LogP contribution in [0.5, 0.6) is 0 Å². The van der Waals surface area contributed by atoms with E-state index in [1.807, 2.05) is 6.92 Å². The SMILES string of the molecule is Cc1ccsc1CNCCn1cnc(C)c(I)c1=O. The summed E-state index contributed by atoms with van der Waals surface area (Å²) in [4.78, 5) is 17.5. The molecule has 0 spiro atoms. The second kappa shape index (κ2) is 6.62. The molecule has 1 N–H and O–H groups in total. The minimum Gasteiger partial charge on any atom is -0.310 e. The molecule has 0 unspecified atom stereocenters. The Bertz CT molecular complexity index is 621. The van der Waals surface area contributed by atoms with Crippen LogP contribution < -0.4 is 10.9 Å². The van der Waals surface area contributed by atoms with Gasteiger partial charge in [-0.3, -0.25) is 9.36 Å². The van der Waals surface area contributed by atoms with Crippen LogP contribution in [0.2, 0.25) is 0 Å². The number of hydrogen-bond acceptors (Lipinski definition) is 4. The van der Waals surface area contributed by atoms with E-state index >= 15 is 0 Å². The maximum atomic E-state index is 12.0. The molecule has 4 nitrogen and oxygen atoms in total. The van der Waals surface area contributed by atoms with Crippen molar-refractivity contribution in [2.75, 3.05) is 6.54 Å². The van der Waals surface area contributed by atoms with Gasteiger partial charge in [0.05, 0.1) is 15.6 Å². The zero-order chi connectivity index (χ0) is 13.8. The Labute approximate surface area is 130 Å². The molecular weight excluding hydrogens is 373 g/mol. The molecule has 19 heavy (non-hydrogen) atoms. The second-order valence-corrected chi connectivity index (χ2v) is 6.43. The Morgan fingerprint density at radius 2 is 2.26 bits per heavy atom. The summed E-state index contributed by atoms with van der Waals surface area (Å²) >= 11 is 3.81. The lowest BCUT2D eigenvalue weighted by molar-refractivity contribution is 0.577. The van der Waals surface area contributed by atoms with E-state index in [1.54, 1.807) is 22.2 Å². The summed E-state index contributed by atoms with van der Waals surface area (Å²) in [5, 5.41) is 5.46. The number of rotatable bonds is 5. The number of aryl methyl sites for hydroxylation is 2. The monoisotopic (exact) mass is 389 g/mol. The molecule has 0 atom stereocenters. The van der Waals surface area contributed by atoms with Crippen molar-refractivity contribution in [3.8, 4) is 0 Å². The van der Waals surface area contributed by atoms with E-state index in [9.17, 15) is 4.79 Å². The molecule has 0 fully saturated rings. The lowest BCUT2D eigenvalue weighted by atomic mass is 10.3. The molecule has 0 aromatic carbocycles. The molecule has 2 heterocycles. The van der Waals surface area contributed by atoms with Crippen LogP contribution in [0.3, 0.4) is 0 Å². The van der Waals surface area contributed by atoms with Crippen LogP contribution >= 0.6 is 33.9 Å². The van der Waals surface area contributed by atoms with Crippen molar-refractivity contribution in [1.29, 1.82) is 0 Å². The quantitative estimate of drug-likeness (QED) is 0.631. The number of hydrogen-bond donors (Lipinski definition) is 1. The maximum Gasteiger partial charge on any atom is 0.267 e. The van der Waals surface area contributed by atoms with Crippen molar-refractivity contribution in [1.82, 2.24) is 14.9 Å². The van der Waals surface area contributed by atoms with Gasteiger partial charge < -0.3 is 5.32 Å². The molecule has 6 heteroatoms. The number of thiophene rings is 1. The smallest absolute Gasteiger partial charge is 0.267 e. The van der Waals surface area contributed by atoms with Gasteiger partial charge in [0, 0.05) is 24.5 Å². The standard InChI is InChI=1S/C13H16IN3OS/c1-9-3-6-19-11(9)7-15-4-5-17-8-16-10(2)12(14)13(17)18/h3,6,8,15H,4-5,7H2,1-2H3. The average molecular weight is 389 g/mol. The van der Waals surface area contributed by atoms with Gasteiger partial charge in [-0.2, -0.15) is 0 Å². The molecule has 0 saturated heterocycles. The summed E-state index contributed by atoms with van der Waals surface area (Å²) in [6.45, 7) is 6.23. The van der Waals surface area contributed by atoms with E-state index in [1.165, 1.54) is 10.4 Å². The molecule has 0 aliphatic carbocycles. The van der Waals surface area contributed by atoms with Crippen molar-refractivity contribution in [2.45, 2.75) is 26.9 Å². The van der Waals surface area contributed by atoms with Crippen LogP contribution in [0, 0.1) is 17.4 Å². The van der Waals surface area contributed by atoms with Crippen molar-refractivity contribution >= 4 is 33.9 Å². The van der Waals surface area contributed by atoms with Crippen LogP contribution in [0.4, 0.5) is 0 Å². The highest BCUT2D eigenvalue weighted by Gasteiger charge is 2.05. The molecule has 0 radical (unpaired) electrons. The molecule has 0 saturated carbocycles. The summed E-state index contributed by atoms with van der Waals surface area (Å²) in [6, 6.07) is 2.12. The fourth-order valence-electron chi connectivity index (χ4n) is 1.69. The van der Waals surface area contributed by atoms with Crippen molar-refractivity contribution in [3.05, 3.63) is 47.8 Å². The van der Waals surface area contributed by atoms with Gasteiger partial charge in [-0.1, -0.05) is 0 Å².